The number of carboxylic acids is 2. The number of halogens is 3. The lowest BCUT2D eigenvalue weighted by molar-refractivity contribution is -0.0103. The Hall–Kier alpha value is -5.45. The van der Waals surface area contributed by atoms with Gasteiger partial charge in [0, 0.05) is 23.9 Å². The van der Waals surface area contributed by atoms with Crippen LogP contribution >= 0.6 is 0 Å². The van der Waals surface area contributed by atoms with Crippen molar-refractivity contribution in [2.24, 2.45) is 0 Å². The number of hydrogen-bond acceptors (Lipinski definition) is 4. The maximum atomic E-state index is 16.2. The molecule has 0 radical (unpaired) electrons. The quantitative estimate of drug-likeness (QED) is 0.174. The molecule has 226 valence electrons. The van der Waals surface area contributed by atoms with Gasteiger partial charge in [0.05, 0.1) is 22.3 Å². The first kappa shape index (κ1) is 31.5. The Morgan fingerprint density at radius 3 is 1.59 bits per heavy atom. The van der Waals surface area contributed by atoms with E-state index in [-0.39, 0.29) is 5.56 Å². The number of hydrogen-bond donors (Lipinski definition) is 4. The smallest absolute Gasteiger partial charge is 0.336 e. The first-order valence-electron chi connectivity index (χ1n) is 13.3. The predicted molar refractivity (Wildman–Crippen MR) is 156 cm³/mol. The molecule has 2 amide bonds. The third-order valence-corrected chi connectivity index (χ3v) is 7.10. The van der Waals surface area contributed by atoms with E-state index in [2.05, 4.69) is 10.6 Å². The van der Waals surface area contributed by atoms with Crippen molar-refractivity contribution in [3.8, 4) is 0 Å². The van der Waals surface area contributed by atoms with Crippen LogP contribution in [0.3, 0.4) is 0 Å². The molecule has 0 aliphatic heterocycles. The van der Waals surface area contributed by atoms with Crippen LogP contribution in [0.1, 0.15) is 69.2 Å². The Balaban J connectivity index is 1.64. The molecule has 4 rings (SSSR count). The van der Waals surface area contributed by atoms with Crippen LogP contribution in [-0.2, 0) is 12.1 Å². The molecule has 44 heavy (non-hydrogen) atoms. The minimum Gasteiger partial charge on any atom is -0.478 e. The number of benzene rings is 4. The summed E-state index contributed by atoms with van der Waals surface area (Å²) < 4.78 is 44.9. The number of nitrogens with one attached hydrogen (secondary N) is 2. The summed E-state index contributed by atoms with van der Waals surface area (Å²) in [5.74, 6) is -5.04. The molecule has 1 atom stereocenters. The molecule has 8 nitrogen and oxygen atoms in total. The number of anilines is 1. The standard InChI is InChI=1S/C33H27F3N2O6/c1-18-3-5-19(6-4-18)15-20-7-11-23(12-8-20)38-29(40)25-14-10-22(17-27(25)31(43)44)33(36,32(34)35)21-9-13-24(28(39)37-2)26(16-21)30(41)42/h3-14,16-17,32H,15H2,1-2H3,(H,37,39)(H,38,40)(H,41,42)(H,43,44). The molecule has 0 bridgehead atoms. The van der Waals surface area contributed by atoms with Crippen molar-refractivity contribution >= 4 is 29.4 Å². The van der Waals surface area contributed by atoms with Gasteiger partial charge >= 0.3 is 11.9 Å². The molecule has 0 fully saturated rings. The number of amides is 2. The fourth-order valence-corrected chi connectivity index (χ4v) is 4.69. The van der Waals surface area contributed by atoms with Gasteiger partial charge in [-0.2, -0.15) is 0 Å². The summed E-state index contributed by atoms with van der Waals surface area (Å²) in [6.45, 7) is 1.99. The maximum absolute atomic E-state index is 16.2. The van der Waals surface area contributed by atoms with Gasteiger partial charge in [0.1, 0.15) is 0 Å². The molecule has 0 aliphatic rings. The summed E-state index contributed by atoms with van der Waals surface area (Å²) in [5.41, 5.74) is -4.09. The van der Waals surface area contributed by atoms with Gasteiger partial charge in [-0.05, 0) is 60.9 Å². The second-order valence-corrected chi connectivity index (χ2v) is 10.0. The molecular formula is C33H27F3N2O6. The van der Waals surface area contributed by atoms with E-state index in [4.69, 9.17) is 0 Å². The molecule has 4 aromatic carbocycles. The Labute approximate surface area is 250 Å². The van der Waals surface area contributed by atoms with Gasteiger partial charge in [-0.15, -0.1) is 0 Å². The van der Waals surface area contributed by atoms with E-state index in [1.165, 1.54) is 7.05 Å². The molecule has 0 saturated heterocycles. The average Bonchev–Trinajstić information content (AvgIpc) is 3.01. The lowest BCUT2D eigenvalue weighted by Gasteiger charge is -2.27. The van der Waals surface area contributed by atoms with Crippen molar-refractivity contribution < 1.29 is 42.6 Å². The van der Waals surface area contributed by atoms with Crippen LogP contribution in [0.2, 0.25) is 0 Å². The minimum atomic E-state index is -3.78. The highest BCUT2D eigenvalue weighted by Gasteiger charge is 2.45. The first-order chi connectivity index (χ1) is 20.8. The van der Waals surface area contributed by atoms with E-state index in [0.29, 0.717) is 24.2 Å². The van der Waals surface area contributed by atoms with Crippen LogP contribution in [0.15, 0.2) is 84.9 Å². The summed E-state index contributed by atoms with van der Waals surface area (Å²) in [7, 11) is 1.23. The predicted octanol–water partition coefficient (Wildman–Crippen LogP) is 6.07. The zero-order chi connectivity index (χ0) is 32.2. The minimum absolute atomic E-state index is 0.341. The maximum Gasteiger partial charge on any atom is 0.336 e. The second kappa shape index (κ2) is 12.8. The third-order valence-electron chi connectivity index (χ3n) is 7.10. The highest BCUT2D eigenvalue weighted by Crippen LogP contribution is 2.41. The first-order valence-corrected chi connectivity index (χ1v) is 13.3. The number of aromatic carboxylic acids is 2. The molecule has 0 aliphatic carbocycles. The number of rotatable bonds is 10. The summed E-state index contributed by atoms with van der Waals surface area (Å²) >= 11 is 0. The molecule has 4 aromatic rings. The van der Waals surface area contributed by atoms with Gasteiger partial charge in [0.25, 0.3) is 18.2 Å². The molecule has 4 N–H and O–H groups in total. The summed E-state index contributed by atoms with van der Waals surface area (Å²) in [5, 5.41) is 24.1. The zero-order valence-electron chi connectivity index (χ0n) is 23.5. The van der Waals surface area contributed by atoms with Crippen LogP contribution < -0.4 is 10.6 Å². The summed E-state index contributed by atoms with van der Waals surface area (Å²) in [4.78, 5) is 48.9. The molecule has 0 saturated carbocycles. The molecule has 0 spiro atoms. The van der Waals surface area contributed by atoms with Crippen LogP contribution in [-0.4, -0.2) is 47.4 Å². The van der Waals surface area contributed by atoms with Gasteiger partial charge in [-0.25, -0.2) is 22.8 Å². The molecule has 1 unspecified atom stereocenters. The molecular weight excluding hydrogens is 577 g/mol. The van der Waals surface area contributed by atoms with Crippen molar-refractivity contribution in [2.75, 3.05) is 12.4 Å². The van der Waals surface area contributed by atoms with E-state index in [9.17, 15) is 38.2 Å². The van der Waals surface area contributed by atoms with Crippen LogP contribution in [0.25, 0.3) is 0 Å². The Kier molecular flexibility index (Phi) is 9.17. The largest absolute Gasteiger partial charge is 0.478 e. The van der Waals surface area contributed by atoms with Crippen LogP contribution in [0.4, 0.5) is 18.9 Å². The van der Waals surface area contributed by atoms with Crippen molar-refractivity contribution in [3.63, 3.8) is 0 Å². The number of aryl methyl sites for hydroxylation is 1. The van der Waals surface area contributed by atoms with Crippen molar-refractivity contribution in [1.82, 2.24) is 5.32 Å². The van der Waals surface area contributed by atoms with Gasteiger partial charge in [0.2, 0.25) is 5.67 Å². The lowest BCUT2D eigenvalue weighted by atomic mass is 9.84. The Bertz CT molecular complexity index is 1740. The Morgan fingerprint density at radius 2 is 1.16 bits per heavy atom. The van der Waals surface area contributed by atoms with Gasteiger partial charge in [-0.3, -0.25) is 9.59 Å². The van der Waals surface area contributed by atoms with Crippen molar-refractivity contribution in [1.29, 1.82) is 0 Å². The monoisotopic (exact) mass is 604 g/mol. The Morgan fingerprint density at radius 1 is 0.705 bits per heavy atom. The fourth-order valence-electron chi connectivity index (χ4n) is 4.69. The van der Waals surface area contributed by atoms with E-state index in [0.717, 1.165) is 41.0 Å². The number of carboxylic acid groups (broad SMARTS) is 2. The molecule has 0 aromatic heterocycles. The number of alkyl halides is 3. The molecule has 11 heteroatoms. The lowest BCUT2D eigenvalue weighted by Crippen LogP contribution is -2.32. The van der Waals surface area contributed by atoms with E-state index in [1.807, 2.05) is 31.2 Å². The normalized spacial score (nSPS) is 12.3. The summed E-state index contributed by atoms with van der Waals surface area (Å²) in [6, 6.07) is 19.5. The van der Waals surface area contributed by atoms with Crippen molar-refractivity contribution in [2.45, 2.75) is 25.4 Å². The second-order valence-electron chi connectivity index (χ2n) is 10.0. The third kappa shape index (κ3) is 6.46. The average molecular weight is 605 g/mol. The number of carbonyl (C=O) groups excluding carboxylic acids is 2. The highest BCUT2D eigenvalue weighted by molar-refractivity contribution is 6.11. The highest BCUT2D eigenvalue weighted by atomic mass is 19.3. The zero-order valence-corrected chi connectivity index (χ0v) is 23.5. The van der Waals surface area contributed by atoms with Gasteiger partial charge in [0.15, 0.2) is 0 Å². The van der Waals surface area contributed by atoms with E-state index >= 15 is 4.39 Å². The topological polar surface area (TPSA) is 133 Å². The van der Waals surface area contributed by atoms with E-state index in [1.54, 1.807) is 24.3 Å². The fraction of sp³-hybridized carbons (Fsp3) is 0.152. The van der Waals surface area contributed by atoms with Crippen molar-refractivity contribution in [3.05, 3.63) is 135 Å². The van der Waals surface area contributed by atoms with Crippen LogP contribution in [0, 0.1) is 6.92 Å². The number of carbonyl (C=O) groups is 4. The van der Waals surface area contributed by atoms with Crippen LogP contribution in [0.5, 0.6) is 0 Å². The van der Waals surface area contributed by atoms with Gasteiger partial charge < -0.3 is 20.8 Å². The SMILES string of the molecule is CNC(=O)c1ccc(C(F)(c2ccc(C(=O)Nc3ccc(Cc4ccc(C)cc4)cc3)c(C(=O)O)c2)C(F)F)cc1C(=O)O. The van der Waals surface area contributed by atoms with Gasteiger partial charge in [-0.1, -0.05) is 54.1 Å². The van der Waals surface area contributed by atoms with E-state index < -0.39 is 63.7 Å². The molecule has 0 heterocycles. The summed E-state index contributed by atoms with van der Waals surface area (Å²) in [6.07, 6.45) is -3.13.